The summed E-state index contributed by atoms with van der Waals surface area (Å²) in [5.41, 5.74) is 1.52. The minimum atomic E-state index is -3.80. The van der Waals surface area contributed by atoms with Gasteiger partial charge in [-0.05, 0) is 36.2 Å². The first-order valence-corrected chi connectivity index (χ1v) is 10.2. The van der Waals surface area contributed by atoms with Crippen molar-refractivity contribution in [3.63, 3.8) is 0 Å². The monoisotopic (exact) mass is 390 g/mol. The standard InChI is InChI=1S/C19H19FN2O4S/c20-17-6-5-15(27(24,25)21-9-11-26-12-10-21)13-16(17)19(23)22-8-7-14-3-1-2-4-18(14)22/h1-6,13H,7-12H2. The van der Waals surface area contributed by atoms with E-state index < -0.39 is 21.7 Å². The highest BCUT2D eigenvalue weighted by atomic mass is 32.2. The summed E-state index contributed by atoms with van der Waals surface area (Å²) in [5.74, 6) is -1.26. The van der Waals surface area contributed by atoms with Crippen LogP contribution < -0.4 is 4.90 Å². The van der Waals surface area contributed by atoms with Gasteiger partial charge in [0.2, 0.25) is 10.0 Å². The fourth-order valence-corrected chi connectivity index (χ4v) is 4.89. The van der Waals surface area contributed by atoms with Crippen molar-refractivity contribution < 1.29 is 22.3 Å². The molecule has 0 N–H and O–H groups in total. The first-order chi connectivity index (χ1) is 13.0. The van der Waals surface area contributed by atoms with Crippen LogP contribution in [0.4, 0.5) is 10.1 Å². The van der Waals surface area contributed by atoms with Gasteiger partial charge in [-0.3, -0.25) is 4.79 Å². The average Bonchev–Trinajstić information content (AvgIpc) is 3.12. The predicted octanol–water partition coefficient (Wildman–Crippen LogP) is 2.05. The molecule has 27 heavy (non-hydrogen) atoms. The summed E-state index contributed by atoms with van der Waals surface area (Å²) in [7, 11) is -3.80. The Balaban J connectivity index is 1.68. The molecule has 2 heterocycles. The Morgan fingerprint density at radius 1 is 1.04 bits per heavy atom. The van der Waals surface area contributed by atoms with Crippen molar-refractivity contribution >= 4 is 21.6 Å². The van der Waals surface area contributed by atoms with Gasteiger partial charge < -0.3 is 9.64 Å². The maximum atomic E-state index is 14.4. The van der Waals surface area contributed by atoms with Crippen LogP contribution in [0, 0.1) is 5.82 Å². The van der Waals surface area contributed by atoms with Crippen molar-refractivity contribution in [2.24, 2.45) is 0 Å². The molecule has 1 saturated heterocycles. The number of para-hydroxylation sites is 1. The summed E-state index contributed by atoms with van der Waals surface area (Å²) in [6, 6.07) is 10.8. The number of benzene rings is 2. The minimum Gasteiger partial charge on any atom is -0.379 e. The molecule has 2 aliphatic heterocycles. The van der Waals surface area contributed by atoms with Gasteiger partial charge >= 0.3 is 0 Å². The molecule has 6 nitrogen and oxygen atoms in total. The molecular formula is C19H19FN2O4S. The summed E-state index contributed by atoms with van der Waals surface area (Å²) >= 11 is 0. The lowest BCUT2D eigenvalue weighted by molar-refractivity contribution is 0.0730. The van der Waals surface area contributed by atoms with E-state index >= 15 is 0 Å². The predicted molar refractivity (Wildman–Crippen MR) is 97.8 cm³/mol. The molecule has 2 aliphatic rings. The van der Waals surface area contributed by atoms with Crippen LogP contribution in [-0.2, 0) is 21.2 Å². The molecule has 0 aromatic heterocycles. The number of morpholine rings is 1. The first kappa shape index (κ1) is 18.1. The van der Waals surface area contributed by atoms with Crippen LogP contribution in [0.5, 0.6) is 0 Å². The van der Waals surface area contributed by atoms with Crippen molar-refractivity contribution in [2.75, 3.05) is 37.7 Å². The highest BCUT2D eigenvalue weighted by molar-refractivity contribution is 7.89. The summed E-state index contributed by atoms with van der Waals surface area (Å²) in [5, 5.41) is 0. The molecule has 0 spiro atoms. The average molecular weight is 390 g/mol. The fraction of sp³-hybridized carbons (Fsp3) is 0.316. The van der Waals surface area contributed by atoms with Gasteiger partial charge in [-0.2, -0.15) is 4.31 Å². The van der Waals surface area contributed by atoms with E-state index in [0.717, 1.165) is 23.4 Å². The topological polar surface area (TPSA) is 66.9 Å². The Morgan fingerprint density at radius 3 is 2.56 bits per heavy atom. The van der Waals surface area contributed by atoms with Crippen LogP contribution in [0.3, 0.4) is 0 Å². The van der Waals surface area contributed by atoms with E-state index in [1.54, 1.807) is 0 Å². The number of halogens is 1. The van der Waals surface area contributed by atoms with Gasteiger partial charge in [-0.1, -0.05) is 18.2 Å². The summed E-state index contributed by atoms with van der Waals surface area (Å²) in [6.07, 6.45) is 0.690. The van der Waals surface area contributed by atoms with Crippen molar-refractivity contribution in [2.45, 2.75) is 11.3 Å². The van der Waals surface area contributed by atoms with Crippen LogP contribution in [0.25, 0.3) is 0 Å². The molecule has 1 amide bonds. The third-order valence-corrected chi connectivity index (χ3v) is 6.80. The van der Waals surface area contributed by atoms with Crippen molar-refractivity contribution in [1.82, 2.24) is 4.31 Å². The molecule has 0 unspecified atom stereocenters. The van der Waals surface area contributed by atoms with Crippen LogP contribution in [0.15, 0.2) is 47.4 Å². The van der Waals surface area contributed by atoms with Crippen LogP contribution in [0.2, 0.25) is 0 Å². The Morgan fingerprint density at radius 2 is 1.78 bits per heavy atom. The number of hydrogen-bond donors (Lipinski definition) is 0. The van der Waals surface area contributed by atoms with E-state index in [1.807, 2.05) is 24.3 Å². The largest absolute Gasteiger partial charge is 0.379 e. The molecule has 2 aromatic rings. The summed E-state index contributed by atoms with van der Waals surface area (Å²) < 4.78 is 46.5. The normalized spacial score (nSPS) is 17.7. The maximum absolute atomic E-state index is 14.4. The molecule has 1 fully saturated rings. The lowest BCUT2D eigenvalue weighted by Gasteiger charge is -2.26. The van der Waals surface area contributed by atoms with Gasteiger partial charge in [-0.25, -0.2) is 12.8 Å². The van der Waals surface area contributed by atoms with Gasteiger partial charge in [0.15, 0.2) is 0 Å². The van der Waals surface area contributed by atoms with E-state index in [1.165, 1.54) is 15.3 Å². The fourth-order valence-electron chi connectivity index (χ4n) is 3.46. The van der Waals surface area contributed by atoms with Crippen LogP contribution in [0.1, 0.15) is 15.9 Å². The zero-order valence-corrected chi connectivity index (χ0v) is 15.4. The van der Waals surface area contributed by atoms with Gasteiger partial charge in [0.05, 0.1) is 23.7 Å². The van der Waals surface area contributed by atoms with Crippen molar-refractivity contribution in [3.05, 3.63) is 59.4 Å². The number of hydrogen-bond acceptors (Lipinski definition) is 4. The molecule has 0 saturated carbocycles. The molecule has 0 bridgehead atoms. The zero-order chi connectivity index (χ0) is 19.0. The van der Waals surface area contributed by atoms with E-state index in [0.29, 0.717) is 26.2 Å². The second kappa shape index (κ2) is 7.03. The number of amides is 1. The first-order valence-electron chi connectivity index (χ1n) is 8.76. The van der Waals surface area contributed by atoms with E-state index in [-0.39, 0.29) is 23.5 Å². The maximum Gasteiger partial charge on any atom is 0.261 e. The number of fused-ring (bicyclic) bond motifs is 1. The van der Waals surface area contributed by atoms with Gasteiger partial charge in [-0.15, -0.1) is 0 Å². The Labute approximate surface area is 157 Å². The number of carbonyl (C=O) groups is 1. The number of anilines is 1. The second-order valence-electron chi connectivity index (χ2n) is 6.49. The molecule has 0 atom stereocenters. The van der Waals surface area contributed by atoms with Gasteiger partial charge in [0, 0.05) is 25.3 Å². The van der Waals surface area contributed by atoms with Crippen LogP contribution in [-0.4, -0.2) is 51.5 Å². The zero-order valence-electron chi connectivity index (χ0n) is 14.6. The summed E-state index contributed by atoms with van der Waals surface area (Å²) in [4.78, 5) is 14.4. The number of carbonyl (C=O) groups excluding carboxylic acids is 1. The molecule has 0 radical (unpaired) electrons. The Hall–Kier alpha value is -2.29. The Kier molecular flexibility index (Phi) is 4.71. The van der Waals surface area contributed by atoms with Crippen molar-refractivity contribution in [1.29, 1.82) is 0 Å². The highest BCUT2D eigenvalue weighted by Gasteiger charge is 2.30. The lowest BCUT2D eigenvalue weighted by Crippen LogP contribution is -2.40. The van der Waals surface area contributed by atoms with Crippen LogP contribution >= 0.6 is 0 Å². The molecular weight excluding hydrogens is 371 g/mol. The number of nitrogens with zero attached hydrogens (tertiary/aromatic N) is 2. The highest BCUT2D eigenvalue weighted by Crippen LogP contribution is 2.30. The van der Waals surface area contributed by atoms with Gasteiger partial charge in [0.1, 0.15) is 5.82 Å². The molecule has 2 aromatic carbocycles. The quantitative estimate of drug-likeness (QED) is 0.805. The number of sulfonamides is 1. The lowest BCUT2D eigenvalue weighted by atomic mass is 10.1. The molecule has 4 rings (SSSR count). The number of rotatable bonds is 3. The molecule has 0 aliphatic carbocycles. The van der Waals surface area contributed by atoms with Crippen molar-refractivity contribution in [3.8, 4) is 0 Å². The summed E-state index contributed by atoms with van der Waals surface area (Å²) in [6.45, 7) is 1.55. The molecule has 8 heteroatoms. The smallest absolute Gasteiger partial charge is 0.261 e. The van der Waals surface area contributed by atoms with E-state index in [2.05, 4.69) is 0 Å². The van der Waals surface area contributed by atoms with Gasteiger partial charge in [0.25, 0.3) is 5.91 Å². The minimum absolute atomic E-state index is 0.0818. The third-order valence-electron chi connectivity index (χ3n) is 4.91. The van der Waals surface area contributed by atoms with E-state index in [4.69, 9.17) is 4.74 Å². The van der Waals surface area contributed by atoms with E-state index in [9.17, 15) is 17.6 Å². The second-order valence-corrected chi connectivity index (χ2v) is 8.43. The SMILES string of the molecule is O=C(c1cc(S(=O)(=O)N2CCOCC2)ccc1F)N1CCc2ccccc21. The molecule has 142 valence electrons. The number of ether oxygens (including phenoxy) is 1. The Bertz CT molecular complexity index is 987. The third kappa shape index (κ3) is 3.24.